The SMILES string of the molecule is CC(=O)NC[C@H]1CN(c2ccc(C3=CCN(c4nnn[nH]4)CC3)c(F)c2)C(=O)O1. The highest BCUT2D eigenvalue weighted by Crippen LogP contribution is 2.30. The molecular formula is C18H20FN7O3. The summed E-state index contributed by atoms with van der Waals surface area (Å²) >= 11 is 0. The number of amides is 2. The number of tetrazole rings is 1. The molecule has 1 saturated heterocycles. The van der Waals surface area contributed by atoms with Gasteiger partial charge in [0.25, 0.3) is 0 Å². The molecule has 1 aromatic carbocycles. The van der Waals surface area contributed by atoms with Gasteiger partial charge in [0.15, 0.2) is 0 Å². The van der Waals surface area contributed by atoms with Crippen molar-refractivity contribution in [1.82, 2.24) is 25.9 Å². The monoisotopic (exact) mass is 401 g/mol. The molecule has 29 heavy (non-hydrogen) atoms. The van der Waals surface area contributed by atoms with Crippen molar-refractivity contribution in [2.45, 2.75) is 19.4 Å². The van der Waals surface area contributed by atoms with Gasteiger partial charge in [0.1, 0.15) is 11.9 Å². The number of rotatable bonds is 5. The van der Waals surface area contributed by atoms with Gasteiger partial charge in [-0.2, -0.15) is 0 Å². The molecule has 0 radical (unpaired) electrons. The van der Waals surface area contributed by atoms with Crippen molar-refractivity contribution in [2.24, 2.45) is 0 Å². The summed E-state index contributed by atoms with van der Waals surface area (Å²) in [6, 6.07) is 4.72. The Hall–Kier alpha value is -3.50. The van der Waals surface area contributed by atoms with Gasteiger partial charge in [0.05, 0.1) is 18.8 Å². The lowest BCUT2D eigenvalue weighted by atomic mass is 9.98. The maximum atomic E-state index is 14.8. The van der Waals surface area contributed by atoms with Crippen LogP contribution in [0.2, 0.25) is 0 Å². The van der Waals surface area contributed by atoms with Crippen LogP contribution in [0.25, 0.3) is 5.57 Å². The summed E-state index contributed by atoms with van der Waals surface area (Å²) in [5.74, 6) is -0.0204. The zero-order valence-electron chi connectivity index (χ0n) is 15.8. The van der Waals surface area contributed by atoms with Crippen LogP contribution in [-0.4, -0.2) is 64.9 Å². The molecule has 0 bridgehead atoms. The number of halogens is 1. The number of hydrogen-bond acceptors (Lipinski definition) is 7. The first-order valence-corrected chi connectivity index (χ1v) is 9.21. The first kappa shape index (κ1) is 18.8. The lowest BCUT2D eigenvalue weighted by Crippen LogP contribution is -2.33. The van der Waals surface area contributed by atoms with Gasteiger partial charge in [-0.15, -0.1) is 0 Å². The molecule has 0 spiro atoms. The molecule has 4 rings (SSSR count). The molecule has 3 heterocycles. The van der Waals surface area contributed by atoms with Gasteiger partial charge in [-0.25, -0.2) is 14.3 Å². The highest BCUT2D eigenvalue weighted by molar-refractivity contribution is 5.90. The number of H-pyrrole nitrogens is 1. The molecular weight excluding hydrogens is 381 g/mol. The molecule has 2 N–H and O–H groups in total. The van der Waals surface area contributed by atoms with Crippen LogP contribution < -0.4 is 15.1 Å². The number of hydrogen-bond donors (Lipinski definition) is 2. The average molecular weight is 401 g/mol. The largest absolute Gasteiger partial charge is 0.442 e. The van der Waals surface area contributed by atoms with E-state index in [0.717, 1.165) is 5.57 Å². The number of aromatic nitrogens is 4. The molecule has 11 heteroatoms. The Labute approximate surface area is 165 Å². The third-order valence-corrected chi connectivity index (χ3v) is 4.91. The minimum atomic E-state index is -0.555. The van der Waals surface area contributed by atoms with Crippen LogP contribution in [-0.2, 0) is 9.53 Å². The van der Waals surface area contributed by atoms with Crippen molar-refractivity contribution in [2.75, 3.05) is 36.0 Å². The Morgan fingerprint density at radius 3 is 2.97 bits per heavy atom. The second-order valence-electron chi connectivity index (χ2n) is 6.87. The second kappa shape index (κ2) is 7.86. The van der Waals surface area contributed by atoms with E-state index in [-0.39, 0.29) is 19.0 Å². The van der Waals surface area contributed by atoms with Crippen molar-refractivity contribution in [3.8, 4) is 0 Å². The van der Waals surface area contributed by atoms with Crippen LogP contribution in [0.3, 0.4) is 0 Å². The first-order valence-electron chi connectivity index (χ1n) is 9.21. The number of ether oxygens (including phenoxy) is 1. The molecule has 2 aliphatic rings. The molecule has 0 aliphatic carbocycles. The van der Waals surface area contributed by atoms with E-state index in [9.17, 15) is 14.0 Å². The highest BCUT2D eigenvalue weighted by Gasteiger charge is 2.32. The number of carbonyl (C=O) groups excluding carboxylic acids is 2. The van der Waals surface area contributed by atoms with Crippen molar-refractivity contribution in [1.29, 1.82) is 0 Å². The number of cyclic esters (lactones) is 1. The smallest absolute Gasteiger partial charge is 0.414 e. The van der Waals surface area contributed by atoms with E-state index in [2.05, 4.69) is 25.9 Å². The molecule has 1 atom stereocenters. The number of aromatic amines is 1. The molecule has 0 saturated carbocycles. The van der Waals surface area contributed by atoms with Crippen molar-refractivity contribution in [3.05, 3.63) is 35.7 Å². The Kier molecular flexibility index (Phi) is 5.10. The van der Waals surface area contributed by atoms with E-state index in [1.807, 2.05) is 11.0 Å². The molecule has 152 valence electrons. The minimum Gasteiger partial charge on any atom is -0.442 e. The van der Waals surface area contributed by atoms with Crippen LogP contribution in [0.1, 0.15) is 18.9 Å². The van der Waals surface area contributed by atoms with Gasteiger partial charge in [-0.05, 0) is 40.6 Å². The van der Waals surface area contributed by atoms with Gasteiger partial charge < -0.3 is 15.0 Å². The minimum absolute atomic E-state index is 0.200. The van der Waals surface area contributed by atoms with Gasteiger partial charge in [0.2, 0.25) is 11.9 Å². The zero-order chi connectivity index (χ0) is 20.4. The van der Waals surface area contributed by atoms with Crippen LogP contribution in [0.15, 0.2) is 24.3 Å². The van der Waals surface area contributed by atoms with Crippen molar-refractivity contribution in [3.63, 3.8) is 0 Å². The maximum Gasteiger partial charge on any atom is 0.414 e. The summed E-state index contributed by atoms with van der Waals surface area (Å²) in [6.45, 7) is 3.09. The fraction of sp³-hybridized carbons (Fsp3) is 0.389. The zero-order valence-corrected chi connectivity index (χ0v) is 15.8. The summed E-state index contributed by atoms with van der Waals surface area (Å²) < 4.78 is 20.0. The molecule has 2 amide bonds. The summed E-state index contributed by atoms with van der Waals surface area (Å²) in [4.78, 5) is 26.5. The van der Waals surface area contributed by atoms with E-state index < -0.39 is 18.0 Å². The lowest BCUT2D eigenvalue weighted by Gasteiger charge is -2.25. The standard InChI is InChI=1S/C18H20FN7O3/c1-11(27)20-9-14-10-26(18(28)29-14)13-2-3-15(16(19)8-13)12-4-6-25(7-5-12)17-21-23-24-22-17/h2-4,8,14H,5-7,9-10H2,1H3,(H,20,27)(H,21,22,23,24)/t14-/m0/s1. The van der Waals surface area contributed by atoms with Gasteiger partial charge >= 0.3 is 6.09 Å². The Morgan fingerprint density at radius 1 is 1.45 bits per heavy atom. The predicted molar refractivity (Wildman–Crippen MR) is 102 cm³/mol. The molecule has 2 aliphatic heterocycles. The summed E-state index contributed by atoms with van der Waals surface area (Å²) in [7, 11) is 0. The maximum absolute atomic E-state index is 14.8. The molecule has 2 aromatic rings. The predicted octanol–water partition coefficient (Wildman–Crippen LogP) is 1.09. The van der Waals surface area contributed by atoms with Crippen LogP contribution >= 0.6 is 0 Å². The lowest BCUT2D eigenvalue weighted by molar-refractivity contribution is -0.119. The van der Waals surface area contributed by atoms with E-state index in [4.69, 9.17) is 4.74 Å². The normalized spacial score (nSPS) is 19.2. The quantitative estimate of drug-likeness (QED) is 0.770. The number of carbonyl (C=O) groups is 2. The van der Waals surface area contributed by atoms with Crippen molar-refractivity contribution >= 4 is 29.2 Å². The number of benzene rings is 1. The molecule has 10 nitrogen and oxygen atoms in total. The third-order valence-electron chi connectivity index (χ3n) is 4.91. The number of nitrogens with zero attached hydrogens (tertiary/aromatic N) is 5. The fourth-order valence-electron chi connectivity index (χ4n) is 3.42. The van der Waals surface area contributed by atoms with Gasteiger partial charge in [0, 0.05) is 25.6 Å². The Bertz CT molecular complexity index is 947. The molecule has 1 fully saturated rings. The highest BCUT2D eigenvalue weighted by atomic mass is 19.1. The van der Waals surface area contributed by atoms with E-state index in [1.165, 1.54) is 17.9 Å². The Morgan fingerprint density at radius 2 is 2.31 bits per heavy atom. The van der Waals surface area contributed by atoms with E-state index >= 15 is 0 Å². The van der Waals surface area contributed by atoms with E-state index in [0.29, 0.717) is 36.7 Å². The van der Waals surface area contributed by atoms with Crippen LogP contribution in [0.4, 0.5) is 20.8 Å². The fourth-order valence-corrected chi connectivity index (χ4v) is 3.42. The third kappa shape index (κ3) is 4.03. The van der Waals surface area contributed by atoms with Gasteiger partial charge in [-0.3, -0.25) is 9.69 Å². The summed E-state index contributed by atoms with van der Waals surface area (Å²) in [5, 5.41) is 16.3. The molecule has 1 aromatic heterocycles. The van der Waals surface area contributed by atoms with Gasteiger partial charge in [-0.1, -0.05) is 11.2 Å². The van der Waals surface area contributed by atoms with Crippen LogP contribution in [0.5, 0.6) is 0 Å². The number of nitrogens with one attached hydrogen (secondary N) is 2. The van der Waals surface area contributed by atoms with Crippen LogP contribution in [0, 0.1) is 5.82 Å². The second-order valence-corrected chi connectivity index (χ2v) is 6.87. The average Bonchev–Trinajstić information content (AvgIpc) is 3.36. The first-order chi connectivity index (χ1) is 14.0. The number of anilines is 2. The van der Waals surface area contributed by atoms with E-state index in [1.54, 1.807) is 12.1 Å². The summed E-state index contributed by atoms with van der Waals surface area (Å²) in [6.07, 6.45) is 1.56. The van der Waals surface area contributed by atoms with Crippen molar-refractivity contribution < 1.29 is 18.7 Å². The summed E-state index contributed by atoms with van der Waals surface area (Å²) in [5.41, 5.74) is 1.82. The molecule has 0 unspecified atom stereocenters. The topological polar surface area (TPSA) is 116 Å². The Balaban J connectivity index is 1.45.